The fourth-order valence-electron chi connectivity index (χ4n) is 2.11. The average molecular weight is 331 g/mol. The van der Waals surface area contributed by atoms with E-state index in [1.54, 1.807) is 19.5 Å². The smallest absolute Gasteiger partial charge is 0.263 e. The summed E-state index contributed by atoms with van der Waals surface area (Å²) >= 11 is 0. The predicted molar refractivity (Wildman–Crippen MR) is 99.4 cm³/mol. The van der Waals surface area contributed by atoms with Gasteiger partial charge >= 0.3 is 0 Å². The van der Waals surface area contributed by atoms with Crippen molar-refractivity contribution in [1.29, 1.82) is 0 Å². The maximum Gasteiger partial charge on any atom is 0.263 e. The van der Waals surface area contributed by atoms with E-state index < -0.39 is 0 Å². The number of hydrazone groups is 1. The van der Waals surface area contributed by atoms with E-state index in [9.17, 15) is 0 Å². The summed E-state index contributed by atoms with van der Waals surface area (Å²) in [4.78, 5) is 4.39. The lowest BCUT2D eigenvalue weighted by molar-refractivity contribution is 0.415. The molecule has 0 aliphatic rings. The Morgan fingerprint density at radius 1 is 1.04 bits per heavy atom. The molecule has 1 aromatic heterocycles. The van der Waals surface area contributed by atoms with E-state index in [-0.39, 0.29) is 0 Å². The minimum absolute atomic E-state index is 0.331. The van der Waals surface area contributed by atoms with Crippen molar-refractivity contribution in [1.82, 2.24) is 15.2 Å². The molecule has 0 atom stereocenters. The number of nitrogens with one attached hydrogen (secondary N) is 1. The van der Waals surface area contributed by atoms with Gasteiger partial charge in [0.2, 0.25) is 0 Å². The Labute approximate surface area is 145 Å². The van der Waals surface area contributed by atoms with Gasteiger partial charge in [0.05, 0.1) is 19.0 Å². The van der Waals surface area contributed by atoms with Gasteiger partial charge in [-0.05, 0) is 35.9 Å². The van der Waals surface area contributed by atoms with Crippen LogP contribution in [0.25, 0.3) is 17.3 Å². The van der Waals surface area contributed by atoms with Crippen molar-refractivity contribution < 1.29 is 4.74 Å². The minimum Gasteiger partial charge on any atom is -0.497 e. The summed E-state index contributed by atoms with van der Waals surface area (Å²) < 4.78 is 5.15. The molecule has 2 aromatic carbocycles. The molecule has 6 heteroatoms. The standard InChI is InChI=1S/C19H17N5O/c1-25-17-11-9-16(10-12-17)18-14-21-24-19(22-18)23-20-13-5-8-15-6-3-2-4-7-15/h2-14H,1H3,(H,22,23,24)/b8-5+,20-13-. The van der Waals surface area contributed by atoms with E-state index in [1.807, 2.05) is 66.7 Å². The fraction of sp³-hybridized carbons (Fsp3) is 0.0526. The summed E-state index contributed by atoms with van der Waals surface area (Å²) in [7, 11) is 1.63. The van der Waals surface area contributed by atoms with Crippen LogP contribution in [0.1, 0.15) is 5.56 Å². The van der Waals surface area contributed by atoms with Crippen LogP contribution in [-0.4, -0.2) is 28.5 Å². The maximum atomic E-state index is 5.15. The molecule has 0 bridgehead atoms. The lowest BCUT2D eigenvalue weighted by Crippen LogP contribution is -1.99. The van der Waals surface area contributed by atoms with E-state index in [4.69, 9.17) is 4.74 Å². The Morgan fingerprint density at radius 3 is 2.60 bits per heavy atom. The molecule has 0 aliphatic carbocycles. The molecule has 0 saturated heterocycles. The highest BCUT2D eigenvalue weighted by atomic mass is 16.5. The Morgan fingerprint density at radius 2 is 1.84 bits per heavy atom. The van der Waals surface area contributed by atoms with Crippen LogP contribution in [0.15, 0.2) is 72.0 Å². The van der Waals surface area contributed by atoms with Gasteiger partial charge in [-0.15, -0.1) is 5.10 Å². The van der Waals surface area contributed by atoms with Gasteiger partial charge in [-0.25, -0.2) is 10.4 Å². The van der Waals surface area contributed by atoms with E-state index >= 15 is 0 Å². The van der Waals surface area contributed by atoms with Crippen LogP contribution in [-0.2, 0) is 0 Å². The molecular formula is C19H17N5O. The summed E-state index contributed by atoms with van der Waals surface area (Å²) in [6.45, 7) is 0. The topological polar surface area (TPSA) is 72.3 Å². The Kier molecular flexibility index (Phi) is 5.45. The van der Waals surface area contributed by atoms with Gasteiger partial charge < -0.3 is 4.74 Å². The highest BCUT2D eigenvalue weighted by molar-refractivity contribution is 5.78. The molecule has 0 aliphatic heterocycles. The zero-order valence-electron chi connectivity index (χ0n) is 13.7. The van der Waals surface area contributed by atoms with Crippen LogP contribution in [0, 0.1) is 0 Å². The quantitative estimate of drug-likeness (QED) is 0.551. The maximum absolute atomic E-state index is 5.15. The molecule has 1 heterocycles. The monoisotopic (exact) mass is 331 g/mol. The van der Waals surface area contributed by atoms with Crippen LogP contribution >= 0.6 is 0 Å². The Bertz CT molecular complexity index is 860. The molecule has 0 amide bonds. The molecular weight excluding hydrogens is 314 g/mol. The van der Waals surface area contributed by atoms with Crippen molar-refractivity contribution >= 4 is 18.2 Å². The van der Waals surface area contributed by atoms with Gasteiger partial charge in [0.25, 0.3) is 5.95 Å². The third-order valence-corrected chi connectivity index (χ3v) is 3.36. The first-order chi connectivity index (χ1) is 12.3. The average Bonchev–Trinajstić information content (AvgIpc) is 2.69. The van der Waals surface area contributed by atoms with Gasteiger partial charge in [0.1, 0.15) is 5.75 Å². The lowest BCUT2D eigenvalue weighted by Gasteiger charge is -2.03. The second-order valence-corrected chi connectivity index (χ2v) is 5.05. The molecule has 0 unspecified atom stereocenters. The van der Waals surface area contributed by atoms with Crippen molar-refractivity contribution in [2.75, 3.05) is 12.5 Å². The second kappa shape index (κ2) is 8.35. The Hall–Kier alpha value is -3.54. The van der Waals surface area contributed by atoms with Crippen molar-refractivity contribution in [3.05, 3.63) is 72.4 Å². The third-order valence-electron chi connectivity index (χ3n) is 3.36. The molecule has 3 aromatic rings. The molecule has 3 rings (SSSR count). The first-order valence-corrected chi connectivity index (χ1v) is 7.70. The zero-order valence-corrected chi connectivity index (χ0v) is 13.7. The van der Waals surface area contributed by atoms with Crippen molar-refractivity contribution in [3.8, 4) is 17.0 Å². The van der Waals surface area contributed by atoms with Crippen molar-refractivity contribution in [2.24, 2.45) is 5.10 Å². The molecule has 0 saturated carbocycles. The van der Waals surface area contributed by atoms with Crippen LogP contribution in [0.3, 0.4) is 0 Å². The van der Waals surface area contributed by atoms with Crippen LogP contribution in [0.2, 0.25) is 0 Å². The summed E-state index contributed by atoms with van der Waals surface area (Å²) in [6, 6.07) is 17.6. The third kappa shape index (κ3) is 4.71. The number of hydrogen-bond donors (Lipinski definition) is 1. The van der Waals surface area contributed by atoms with E-state index in [0.717, 1.165) is 16.9 Å². The summed E-state index contributed by atoms with van der Waals surface area (Å²) in [5.41, 5.74) is 5.50. The summed E-state index contributed by atoms with van der Waals surface area (Å²) in [5, 5.41) is 11.9. The number of methoxy groups -OCH3 is 1. The second-order valence-electron chi connectivity index (χ2n) is 5.05. The number of anilines is 1. The van der Waals surface area contributed by atoms with Crippen LogP contribution in [0.5, 0.6) is 5.75 Å². The molecule has 0 spiro atoms. The molecule has 1 N–H and O–H groups in total. The van der Waals surface area contributed by atoms with Gasteiger partial charge in [0.15, 0.2) is 0 Å². The summed E-state index contributed by atoms with van der Waals surface area (Å²) in [5.74, 6) is 1.12. The Balaban J connectivity index is 1.63. The largest absolute Gasteiger partial charge is 0.497 e. The van der Waals surface area contributed by atoms with Gasteiger partial charge in [0, 0.05) is 11.8 Å². The number of benzene rings is 2. The number of hydrogen-bond acceptors (Lipinski definition) is 6. The SMILES string of the molecule is COc1ccc(-c2cnnc(N/N=C\C=C\c3ccccc3)n2)cc1. The molecule has 0 fully saturated rings. The molecule has 0 radical (unpaired) electrons. The van der Waals surface area contributed by atoms with Crippen molar-refractivity contribution in [2.45, 2.75) is 0 Å². The fourth-order valence-corrected chi connectivity index (χ4v) is 2.11. The summed E-state index contributed by atoms with van der Waals surface area (Å²) in [6.07, 6.45) is 7.03. The number of nitrogens with zero attached hydrogens (tertiary/aromatic N) is 4. The van der Waals surface area contributed by atoms with Gasteiger partial charge in [-0.2, -0.15) is 10.2 Å². The van der Waals surface area contributed by atoms with Crippen molar-refractivity contribution in [3.63, 3.8) is 0 Å². The number of allylic oxidation sites excluding steroid dienone is 1. The number of aromatic nitrogens is 3. The van der Waals surface area contributed by atoms with E-state index in [1.165, 1.54) is 0 Å². The van der Waals surface area contributed by atoms with E-state index in [2.05, 4.69) is 25.7 Å². The number of ether oxygens (including phenoxy) is 1. The molecule has 124 valence electrons. The van der Waals surface area contributed by atoms with E-state index in [0.29, 0.717) is 11.6 Å². The highest BCUT2D eigenvalue weighted by Gasteiger charge is 2.03. The van der Waals surface area contributed by atoms with Crippen LogP contribution < -0.4 is 10.2 Å². The number of rotatable bonds is 6. The molecule has 25 heavy (non-hydrogen) atoms. The highest BCUT2D eigenvalue weighted by Crippen LogP contribution is 2.20. The first kappa shape index (κ1) is 16.3. The predicted octanol–water partition coefficient (Wildman–Crippen LogP) is 3.66. The van der Waals surface area contributed by atoms with Crippen LogP contribution in [0.4, 0.5) is 5.95 Å². The normalized spacial score (nSPS) is 11.1. The zero-order chi connectivity index (χ0) is 17.3. The van der Waals surface area contributed by atoms with Gasteiger partial charge in [-0.3, -0.25) is 0 Å². The van der Waals surface area contributed by atoms with Gasteiger partial charge in [-0.1, -0.05) is 36.4 Å². The lowest BCUT2D eigenvalue weighted by atomic mass is 10.1. The first-order valence-electron chi connectivity index (χ1n) is 7.70. The molecule has 6 nitrogen and oxygen atoms in total. The minimum atomic E-state index is 0.331.